The first-order valence-corrected chi connectivity index (χ1v) is 8.03. The van der Waals surface area contributed by atoms with Crippen molar-refractivity contribution in [3.63, 3.8) is 0 Å². The van der Waals surface area contributed by atoms with Crippen molar-refractivity contribution < 1.29 is 8.42 Å². The van der Waals surface area contributed by atoms with Crippen LogP contribution in [0.25, 0.3) is 0 Å². The molecule has 0 aliphatic carbocycles. The van der Waals surface area contributed by atoms with E-state index in [4.69, 9.17) is 0 Å². The monoisotopic (exact) mass is 301 g/mol. The Kier molecular flexibility index (Phi) is 4.17. The quantitative estimate of drug-likeness (QED) is 0.743. The van der Waals surface area contributed by atoms with Crippen molar-refractivity contribution in [2.75, 3.05) is 4.72 Å². The summed E-state index contributed by atoms with van der Waals surface area (Å²) >= 11 is 1.22. The van der Waals surface area contributed by atoms with Gasteiger partial charge in [-0.2, -0.15) is 13.5 Å². The van der Waals surface area contributed by atoms with Crippen LogP contribution in [0.2, 0.25) is 0 Å². The maximum Gasteiger partial charge on any atom is 0.280 e. The lowest BCUT2D eigenvalue weighted by molar-refractivity contribution is 0.574. The number of hydrogen-bond donors (Lipinski definition) is 3. The maximum absolute atomic E-state index is 12.2. The average molecular weight is 301 g/mol. The minimum atomic E-state index is -3.68. The van der Waals surface area contributed by atoms with Gasteiger partial charge in [0.25, 0.3) is 10.0 Å². The lowest BCUT2D eigenvalue weighted by Gasteiger charge is -2.09. The second-order valence-electron chi connectivity index (χ2n) is 4.20. The first kappa shape index (κ1) is 14.0. The van der Waals surface area contributed by atoms with Crippen LogP contribution >= 0.6 is 11.3 Å². The summed E-state index contributed by atoms with van der Waals surface area (Å²) in [7, 11) is -3.68. The molecule has 0 aliphatic heterocycles. The van der Waals surface area contributed by atoms with Crippen LogP contribution in [0, 0.1) is 0 Å². The predicted molar refractivity (Wildman–Crippen MR) is 73.5 cm³/mol. The van der Waals surface area contributed by atoms with Gasteiger partial charge in [-0.3, -0.25) is 9.82 Å². The molecule has 19 heavy (non-hydrogen) atoms. The van der Waals surface area contributed by atoms with Crippen LogP contribution < -0.4 is 10.0 Å². The highest BCUT2D eigenvalue weighted by Gasteiger charge is 2.21. The van der Waals surface area contributed by atoms with Crippen LogP contribution in [0.1, 0.15) is 19.4 Å². The van der Waals surface area contributed by atoms with E-state index in [0.29, 0.717) is 17.2 Å². The molecule has 2 rings (SSSR count). The van der Waals surface area contributed by atoms with Crippen molar-refractivity contribution in [1.82, 2.24) is 20.5 Å². The van der Waals surface area contributed by atoms with Crippen LogP contribution in [0.5, 0.6) is 0 Å². The van der Waals surface area contributed by atoms with Gasteiger partial charge in [0.1, 0.15) is 0 Å². The van der Waals surface area contributed by atoms with Gasteiger partial charge in [0.05, 0.1) is 6.20 Å². The Morgan fingerprint density at radius 1 is 1.47 bits per heavy atom. The van der Waals surface area contributed by atoms with Crippen LogP contribution in [0.3, 0.4) is 0 Å². The number of H-pyrrole nitrogens is 1. The number of anilines is 1. The Hall–Kier alpha value is -1.45. The average Bonchev–Trinajstić information content (AvgIpc) is 2.95. The van der Waals surface area contributed by atoms with Gasteiger partial charge in [-0.25, -0.2) is 4.98 Å². The Morgan fingerprint density at radius 2 is 2.26 bits per heavy atom. The van der Waals surface area contributed by atoms with Crippen LogP contribution in [0.4, 0.5) is 5.13 Å². The van der Waals surface area contributed by atoms with Crippen molar-refractivity contribution in [3.8, 4) is 0 Å². The summed E-state index contributed by atoms with van der Waals surface area (Å²) in [5.41, 5.74) is 0.595. The number of rotatable bonds is 6. The van der Waals surface area contributed by atoms with Crippen molar-refractivity contribution in [1.29, 1.82) is 0 Å². The molecule has 0 fully saturated rings. The van der Waals surface area contributed by atoms with E-state index in [9.17, 15) is 8.42 Å². The second kappa shape index (κ2) is 5.68. The van der Waals surface area contributed by atoms with Gasteiger partial charge in [0.2, 0.25) is 0 Å². The summed E-state index contributed by atoms with van der Waals surface area (Å²) in [4.78, 5) is 3.89. The fraction of sp³-hybridized carbons (Fsp3) is 0.400. The highest BCUT2D eigenvalue weighted by molar-refractivity contribution is 7.92. The SMILES string of the molecule is CC(C)NCc1cn[nH]c1S(=O)(=O)Nc1nccs1. The lowest BCUT2D eigenvalue weighted by atomic mass is 10.3. The smallest absolute Gasteiger partial charge is 0.280 e. The number of aromatic nitrogens is 3. The van der Waals surface area contributed by atoms with Gasteiger partial charge >= 0.3 is 0 Å². The molecule has 2 aromatic rings. The van der Waals surface area contributed by atoms with E-state index in [1.54, 1.807) is 5.38 Å². The zero-order chi connectivity index (χ0) is 13.9. The topological polar surface area (TPSA) is 99.8 Å². The molecule has 0 bridgehead atoms. The Bertz CT molecular complexity index is 618. The molecule has 0 atom stereocenters. The predicted octanol–water partition coefficient (Wildman–Crippen LogP) is 1.16. The molecule has 0 aliphatic rings. The number of sulfonamides is 1. The molecule has 0 aromatic carbocycles. The Morgan fingerprint density at radius 3 is 2.89 bits per heavy atom. The van der Waals surface area contributed by atoms with Crippen molar-refractivity contribution in [3.05, 3.63) is 23.3 Å². The number of hydrogen-bond acceptors (Lipinski definition) is 6. The Labute approximate surface area is 115 Å². The van der Waals surface area contributed by atoms with E-state index in [1.807, 2.05) is 13.8 Å². The van der Waals surface area contributed by atoms with Gasteiger partial charge in [0, 0.05) is 29.7 Å². The number of aromatic amines is 1. The van der Waals surface area contributed by atoms with E-state index in [0.717, 1.165) is 0 Å². The summed E-state index contributed by atoms with van der Waals surface area (Å²) in [6.07, 6.45) is 3.04. The van der Waals surface area contributed by atoms with Gasteiger partial charge in [-0.05, 0) is 0 Å². The first-order valence-electron chi connectivity index (χ1n) is 5.67. The molecule has 7 nitrogen and oxygen atoms in total. The van der Waals surface area contributed by atoms with Gasteiger partial charge in [-0.1, -0.05) is 13.8 Å². The molecule has 0 saturated heterocycles. The zero-order valence-electron chi connectivity index (χ0n) is 10.5. The summed E-state index contributed by atoms with van der Waals surface area (Å²) < 4.78 is 26.8. The minimum absolute atomic E-state index is 0.0656. The van der Waals surface area contributed by atoms with E-state index < -0.39 is 10.0 Å². The standard InChI is InChI=1S/C10H15N5O2S2/c1-7(2)12-5-8-6-13-14-9(8)19(16,17)15-10-11-3-4-18-10/h3-4,6-7,12H,5H2,1-2H3,(H,11,15)(H,13,14). The third-order valence-corrected chi connectivity index (χ3v) is 4.47. The normalized spacial score (nSPS) is 11.9. The molecule has 0 amide bonds. The molecule has 0 spiro atoms. The molecule has 0 radical (unpaired) electrons. The molecule has 2 aromatic heterocycles. The summed E-state index contributed by atoms with van der Waals surface area (Å²) in [6, 6.07) is 0.261. The van der Waals surface area contributed by atoms with Gasteiger partial charge < -0.3 is 5.32 Å². The molecule has 104 valence electrons. The third kappa shape index (κ3) is 3.52. The molecular weight excluding hydrogens is 286 g/mol. The number of nitrogens with zero attached hydrogens (tertiary/aromatic N) is 2. The van der Waals surface area contributed by atoms with Gasteiger partial charge in [-0.15, -0.1) is 11.3 Å². The summed E-state index contributed by atoms with van der Waals surface area (Å²) in [6.45, 7) is 4.41. The van der Waals surface area contributed by atoms with Crippen molar-refractivity contribution in [2.24, 2.45) is 0 Å². The minimum Gasteiger partial charge on any atom is -0.310 e. The highest BCUT2D eigenvalue weighted by atomic mass is 32.2. The summed E-state index contributed by atoms with van der Waals surface area (Å²) in [5.74, 6) is 0. The van der Waals surface area contributed by atoms with Crippen LogP contribution in [-0.4, -0.2) is 29.6 Å². The molecule has 2 heterocycles. The van der Waals surface area contributed by atoms with Gasteiger partial charge in [0.15, 0.2) is 10.2 Å². The number of nitrogens with one attached hydrogen (secondary N) is 3. The summed E-state index contributed by atoms with van der Waals surface area (Å²) in [5, 5.41) is 11.6. The van der Waals surface area contributed by atoms with Crippen molar-refractivity contribution >= 4 is 26.5 Å². The molecule has 3 N–H and O–H groups in total. The highest BCUT2D eigenvalue weighted by Crippen LogP contribution is 2.18. The van der Waals surface area contributed by atoms with Crippen LogP contribution in [-0.2, 0) is 16.6 Å². The second-order valence-corrected chi connectivity index (χ2v) is 6.72. The fourth-order valence-electron chi connectivity index (χ4n) is 1.41. The van der Waals surface area contributed by atoms with E-state index in [1.165, 1.54) is 23.7 Å². The van der Waals surface area contributed by atoms with Crippen molar-refractivity contribution in [2.45, 2.75) is 31.5 Å². The molecule has 9 heteroatoms. The maximum atomic E-state index is 12.2. The van der Waals surface area contributed by atoms with E-state index in [-0.39, 0.29) is 11.1 Å². The Balaban J connectivity index is 2.19. The molecule has 0 unspecified atom stereocenters. The van der Waals surface area contributed by atoms with E-state index >= 15 is 0 Å². The molecular formula is C10H15N5O2S2. The first-order chi connectivity index (χ1) is 8.99. The lowest BCUT2D eigenvalue weighted by Crippen LogP contribution is -2.23. The van der Waals surface area contributed by atoms with E-state index in [2.05, 4.69) is 25.2 Å². The third-order valence-electron chi connectivity index (χ3n) is 2.30. The molecule has 0 saturated carbocycles. The fourth-order valence-corrected chi connectivity index (χ4v) is 3.33. The number of thiazole rings is 1. The largest absolute Gasteiger partial charge is 0.310 e. The zero-order valence-corrected chi connectivity index (χ0v) is 12.2. The van der Waals surface area contributed by atoms with Crippen LogP contribution in [0.15, 0.2) is 22.8 Å².